The average Bonchev–Trinajstić information content (AvgIpc) is 3.15. The average molecular weight is 538 g/mol. The molecule has 0 radical (unpaired) electrons. The Morgan fingerprint density at radius 2 is 1.86 bits per heavy atom. The summed E-state index contributed by atoms with van der Waals surface area (Å²) in [6.45, 7) is 15.4. The second-order valence-electron chi connectivity index (χ2n) is 13.3. The summed E-state index contributed by atoms with van der Waals surface area (Å²) in [6, 6.07) is 0. The van der Waals surface area contributed by atoms with Crippen molar-refractivity contribution in [2.45, 2.75) is 106 Å². The summed E-state index contributed by atoms with van der Waals surface area (Å²) in [7, 11) is -4.48. The number of carbonyl (C=O) groups is 1. The number of hydrogen-bond donors (Lipinski definition) is 1. The van der Waals surface area contributed by atoms with Crippen molar-refractivity contribution in [2.24, 2.45) is 34.5 Å². The summed E-state index contributed by atoms with van der Waals surface area (Å²) in [5.74, 6) is 1.92. The van der Waals surface area contributed by atoms with Gasteiger partial charge in [-0.2, -0.15) is 8.42 Å². The molecule has 0 aromatic carbocycles. The highest BCUT2D eigenvalue weighted by Gasteiger charge is 2.47. The van der Waals surface area contributed by atoms with Gasteiger partial charge >= 0.3 is 10.4 Å². The van der Waals surface area contributed by atoms with Crippen LogP contribution in [0.15, 0.2) is 23.3 Å². The second-order valence-corrected chi connectivity index (χ2v) is 14.4. The molecule has 1 unspecified atom stereocenters. The first-order valence-electron chi connectivity index (χ1n) is 14.5. The predicted octanol–water partition coefficient (Wildman–Crippen LogP) is 6.99. The summed E-state index contributed by atoms with van der Waals surface area (Å²) in [5, 5.41) is 0. The number of nitrogens with zero attached hydrogens (tertiary/aromatic N) is 1. The molecule has 3 rings (SSSR count). The van der Waals surface area contributed by atoms with Crippen LogP contribution in [0, 0.1) is 34.5 Å². The Balaban J connectivity index is 1.61. The van der Waals surface area contributed by atoms with Gasteiger partial charge < -0.3 is 4.90 Å². The van der Waals surface area contributed by atoms with Crippen LogP contribution in [-0.2, 0) is 19.4 Å². The van der Waals surface area contributed by atoms with Crippen LogP contribution in [0.5, 0.6) is 0 Å². The fraction of sp³-hybridized carbons (Fsp3) is 0.833. The Bertz CT molecular complexity index is 966. The molecule has 1 heterocycles. The van der Waals surface area contributed by atoms with Gasteiger partial charge in [0, 0.05) is 18.7 Å². The highest BCUT2D eigenvalue weighted by atomic mass is 32.3. The van der Waals surface area contributed by atoms with Crippen molar-refractivity contribution >= 4 is 16.3 Å². The van der Waals surface area contributed by atoms with Crippen LogP contribution in [0.25, 0.3) is 0 Å². The van der Waals surface area contributed by atoms with Crippen LogP contribution in [0.2, 0.25) is 0 Å². The Hall–Kier alpha value is -1.18. The molecular formula is C30H51NO5S. The number of fused-ring (bicyclic) bond motifs is 1. The Labute approximate surface area is 226 Å². The Morgan fingerprint density at radius 1 is 1.14 bits per heavy atom. The summed E-state index contributed by atoms with van der Waals surface area (Å²) in [6.07, 6.45) is 14.5. The van der Waals surface area contributed by atoms with E-state index in [1.54, 1.807) is 5.57 Å². The lowest BCUT2D eigenvalue weighted by Crippen LogP contribution is -2.43. The maximum absolute atomic E-state index is 12.8. The lowest BCUT2D eigenvalue weighted by atomic mass is 9.52. The molecule has 0 bridgehead atoms. The molecule has 37 heavy (non-hydrogen) atoms. The van der Waals surface area contributed by atoms with Crippen LogP contribution < -0.4 is 0 Å². The standard InChI is InChI=1S/C30H51NO5S/c1-22(2)15-19-31-20-16-25(28(31)32)10-7-9-24(21-36-37(33,34)35)14-18-30(6)23(3)12-13-26-27(30)11-8-17-29(26,4)5/h11,16,22-24,26H,7-10,12-15,17-21H2,1-6H3,(H,33,34,35)/t23-,24?,26-,30-/m1/s1. The van der Waals surface area contributed by atoms with Gasteiger partial charge in [0.25, 0.3) is 0 Å². The van der Waals surface area contributed by atoms with Crippen molar-refractivity contribution in [3.05, 3.63) is 23.3 Å². The molecule has 212 valence electrons. The number of allylic oxidation sites excluding steroid dienone is 2. The molecule has 0 saturated heterocycles. The minimum Gasteiger partial charge on any atom is -0.335 e. The molecule has 1 N–H and O–H groups in total. The van der Waals surface area contributed by atoms with Gasteiger partial charge in [-0.1, -0.05) is 59.3 Å². The van der Waals surface area contributed by atoms with Crippen LogP contribution in [0.3, 0.4) is 0 Å². The summed E-state index contributed by atoms with van der Waals surface area (Å²) >= 11 is 0. The van der Waals surface area contributed by atoms with E-state index in [4.69, 9.17) is 4.18 Å². The largest absolute Gasteiger partial charge is 0.397 e. The van der Waals surface area contributed by atoms with Gasteiger partial charge in [-0.3, -0.25) is 9.35 Å². The molecule has 4 atom stereocenters. The van der Waals surface area contributed by atoms with Crippen molar-refractivity contribution in [3.63, 3.8) is 0 Å². The number of rotatable bonds is 13. The molecule has 0 spiro atoms. The molecule has 1 fully saturated rings. The van der Waals surface area contributed by atoms with E-state index in [2.05, 4.69) is 53.7 Å². The fourth-order valence-electron chi connectivity index (χ4n) is 6.91. The molecule has 3 aliphatic rings. The van der Waals surface area contributed by atoms with Gasteiger partial charge in [0.2, 0.25) is 5.91 Å². The first-order chi connectivity index (χ1) is 17.2. The van der Waals surface area contributed by atoms with E-state index < -0.39 is 10.4 Å². The summed E-state index contributed by atoms with van der Waals surface area (Å²) in [4.78, 5) is 14.7. The van der Waals surface area contributed by atoms with Crippen LogP contribution in [-0.4, -0.2) is 43.5 Å². The topological polar surface area (TPSA) is 83.9 Å². The van der Waals surface area contributed by atoms with Gasteiger partial charge in [-0.25, -0.2) is 4.18 Å². The zero-order valence-corrected chi connectivity index (χ0v) is 24.9. The van der Waals surface area contributed by atoms with Crippen molar-refractivity contribution in [1.82, 2.24) is 4.90 Å². The third-order valence-electron chi connectivity index (χ3n) is 9.79. The van der Waals surface area contributed by atoms with Gasteiger partial charge in [0.15, 0.2) is 0 Å². The summed E-state index contributed by atoms with van der Waals surface area (Å²) in [5.41, 5.74) is 2.91. The molecule has 6 nitrogen and oxygen atoms in total. The lowest BCUT2D eigenvalue weighted by molar-refractivity contribution is -0.125. The van der Waals surface area contributed by atoms with E-state index in [9.17, 15) is 17.8 Å². The van der Waals surface area contributed by atoms with Crippen LogP contribution in [0.1, 0.15) is 106 Å². The number of hydrogen-bond acceptors (Lipinski definition) is 4. The van der Waals surface area contributed by atoms with Crippen molar-refractivity contribution in [1.29, 1.82) is 0 Å². The first kappa shape index (κ1) is 30.4. The highest BCUT2D eigenvalue weighted by Crippen LogP contribution is 2.58. The quantitative estimate of drug-likeness (QED) is 0.202. The third kappa shape index (κ3) is 7.92. The van der Waals surface area contributed by atoms with E-state index in [-0.39, 0.29) is 23.8 Å². The van der Waals surface area contributed by atoms with Crippen molar-refractivity contribution < 1.29 is 21.9 Å². The Kier molecular flexibility index (Phi) is 10.1. The van der Waals surface area contributed by atoms with Gasteiger partial charge in [-0.15, -0.1) is 0 Å². The first-order valence-corrected chi connectivity index (χ1v) is 15.9. The second kappa shape index (κ2) is 12.3. The molecule has 1 saturated carbocycles. The zero-order chi connectivity index (χ0) is 27.4. The molecular weight excluding hydrogens is 486 g/mol. The molecule has 1 amide bonds. The number of carbonyl (C=O) groups excluding carboxylic acids is 1. The van der Waals surface area contributed by atoms with E-state index in [0.29, 0.717) is 36.1 Å². The monoisotopic (exact) mass is 537 g/mol. The minimum atomic E-state index is -4.48. The normalized spacial score (nSPS) is 28.8. The van der Waals surface area contributed by atoms with Gasteiger partial charge in [0.05, 0.1) is 6.61 Å². The maximum Gasteiger partial charge on any atom is 0.397 e. The molecule has 0 aromatic rings. The lowest BCUT2D eigenvalue weighted by Gasteiger charge is -2.53. The van der Waals surface area contributed by atoms with Gasteiger partial charge in [0.1, 0.15) is 0 Å². The zero-order valence-electron chi connectivity index (χ0n) is 24.1. The SMILES string of the molecule is CC(C)CCN1CC=C(CCCC(CC[C@@]2(C)C3=CCCC(C)(C)[C@@H]3CC[C@H]2C)COS(=O)(=O)O)C1=O. The van der Waals surface area contributed by atoms with Crippen molar-refractivity contribution in [2.75, 3.05) is 19.7 Å². The minimum absolute atomic E-state index is 0.00916. The third-order valence-corrected chi connectivity index (χ3v) is 10.2. The molecule has 1 aliphatic heterocycles. The van der Waals surface area contributed by atoms with E-state index in [0.717, 1.165) is 50.6 Å². The number of amides is 1. The molecule has 7 heteroatoms. The van der Waals surface area contributed by atoms with Crippen molar-refractivity contribution in [3.8, 4) is 0 Å². The highest BCUT2D eigenvalue weighted by molar-refractivity contribution is 7.80. The van der Waals surface area contributed by atoms with E-state index >= 15 is 0 Å². The van der Waals surface area contributed by atoms with Crippen LogP contribution >= 0.6 is 0 Å². The van der Waals surface area contributed by atoms with E-state index in [1.807, 2.05) is 4.90 Å². The smallest absolute Gasteiger partial charge is 0.335 e. The molecule has 2 aliphatic carbocycles. The van der Waals surface area contributed by atoms with E-state index in [1.165, 1.54) is 19.3 Å². The predicted molar refractivity (Wildman–Crippen MR) is 149 cm³/mol. The summed E-state index contributed by atoms with van der Waals surface area (Å²) < 4.78 is 36.8. The maximum atomic E-state index is 12.8. The molecule has 0 aromatic heterocycles. The Morgan fingerprint density at radius 3 is 2.54 bits per heavy atom. The van der Waals surface area contributed by atoms with Gasteiger partial charge in [-0.05, 0) is 98.7 Å². The fourth-order valence-corrected chi connectivity index (χ4v) is 7.28. The van der Waals surface area contributed by atoms with Crippen LogP contribution in [0.4, 0.5) is 0 Å².